The molecule has 12 rings (SSSR count). The van der Waals surface area contributed by atoms with Gasteiger partial charge in [-0.3, -0.25) is 0 Å². The number of nitrogens with zero attached hydrogens (tertiary/aromatic N) is 3. The van der Waals surface area contributed by atoms with Gasteiger partial charge in [-0.15, -0.1) is 22.7 Å². The molecule has 0 aliphatic heterocycles. The lowest BCUT2D eigenvalue weighted by molar-refractivity contribution is 1.16. The van der Waals surface area contributed by atoms with Gasteiger partial charge in [-0.2, -0.15) is 0 Å². The van der Waals surface area contributed by atoms with Crippen LogP contribution in [0.3, 0.4) is 0 Å². The standard InChI is InChI=1S/C52H31N3S2/c1-3-15-32(16-4-1)40-31-41(54-52(53-40)33-17-5-2-6-18-33)49-44(55-42-25-10-7-19-34(42)35-20-8-11-26-43(35)55)29-30-47-50(49)48-37(22-14-28-46(48)56-47)39-24-13-23-38-36-21-9-12-27-45(36)57-51(38)39/h1-31H. The lowest BCUT2D eigenvalue weighted by Crippen LogP contribution is -2.01. The largest absolute Gasteiger partial charge is 0.309 e. The van der Waals surface area contributed by atoms with Gasteiger partial charge in [0, 0.05) is 73.4 Å². The SMILES string of the molecule is c1ccc(-c2cc(-c3c(-n4c5ccccc5c5ccccc54)ccc4sc5cccc(-c6cccc7c6sc6ccccc67)c5c34)nc(-c3ccccc3)n2)cc1. The molecule has 12 aromatic rings. The Balaban J connectivity index is 1.26. The molecule has 0 spiro atoms. The predicted octanol–water partition coefficient (Wildman–Crippen LogP) is 15.0. The Labute approximate surface area is 336 Å². The molecule has 0 saturated carbocycles. The lowest BCUT2D eigenvalue weighted by Gasteiger charge is -2.17. The third-order valence-electron chi connectivity index (χ3n) is 11.2. The third-order valence-corrected chi connectivity index (χ3v) is 13.6. The van der Waals surface area contributed by atoms with Gasteiger partial charge in [0.25, 0.3) is 0 Å². The summed E-state index contributed by atoms with van der Waals surface area (Å²) in [5, 5.41) is 7.51. The quantitative estimate of drug-likeness (QED) is 0.175. The molecule has 5 heteroatoms. The predicted molar refractivity (Wildman–Crippen MR) is 244 cm³/mol. The zero-order valence-electron chi connectivity index (χ0n) is 30.6. The third kappa shape index (κ3) is 5.03. The van der Waals surface area contributed by atoms with E-state index in [1.807, 2.05) is 28.7 Å². The van der Waals surface area contributed by atoms with E-state index in [0.717, 1.165) is 44.8 Å². The fourth-order valence-electron chi connectivity index (χ4n) is 8.76. The fourth-order valence-corrected chi connectivity index (χ4v) is 11.1. The summed E-state index contributed by atoms with van der Waals surface area (Å²) in [6.07, 6.45) is 0. The van der Waals surface area contributed by atoms with Crippen LogP contribution in [0, 0.1) is 0 Å². The molecular formula is C52H31N3S2. The van der Waals surface area contributed by atoms with E-state index in [0.29, 0.717) is 5.82 Å². The Kier molecular flexibility index (Phi) is 7.27. The molecule has 8 aromatic carbocycles. The molecule has 0 saturated heterocycles. The minimum atomic E-state index is 0.701. The first-order chi connectivity index (χ1) is 28.3. The van der Waals surface area contributed by atoms with Gasteiger partial charge in [-0.1, -0.05) is 146 Å². The number of rotatable bonds is 5. The van der Waals surface area contributed by atoms with Gasteiger partial charge in [0.15, 0.2) is 5.82 Å². The van der Waals surface area contributed by atoms with Crippen LogP contribution in [0.2, 0.25) is 0 Å². The molecule has 266 valence electrons. The van der Waals surface area contributed by atoms with Crippen molar-refractivity contribution in [1.29, 1.82) is 0 Å². The van der Waals surface area contributed by atoms with Crippen molar-refractivity contribution >= 4 is 84.8 Å². The molecule has 4 aromatic heterocycles. The lowest BCUT2D eigenvalue weighted by atomic mass is 9.94. The number of fused-ring (bicyclic) bond motifs is 9. The van der Waals surface area contributed by atoms with Crippen molar-refractivity contribution in [3.05, 3.63) is 188 Å². The zero-order chi connectivity index (χ0) is 37.5. The maximum absolute atomic E-state index is 5.53. The highest BCUT2D eigenvalue weighted by atomic mass is 32.1. The Hall–Kier alpha value is -6.92. The van der Waals surface area contributed by atoms with Crippen LogP contribution in [-0.4, -0.2) is 14.5 Å². The molecule has 0 N–H and O–H groups in total. The van der Waals surface area contributed by atoms with E-state index in [1.165, 1.54) is 62.2 Å². The van der Waals surface area contributed by atoms with Crippen molar-refractivity contribution in [3.63, 3.8) is 0 Å². The maximum atomic E-state index is 5.53. The number of benzene rings is 8. The number of hydrogen-bond donors (Lipinski definition) is 0. The van der Waals surface area contributed by atoms with Gasteiger partial charge < -0.3 is 4.57 Å². The van der Waals surface area contributed by atoms with Crippen LogP contribution in [0.1, 0.15) is 0 Å². The highest BCUT2D eigenvalue weighted by molar-refractivity contribution is 7.27. The summed E-state index contributed by atoms with van der Waals surface area (Å²) in [4.78, 5) is 10.8. The first-order valence-corrected chi connectivity index (χ1v) is 20.8. The van der Waals surface area contributed by atoms with Crippen LogP contribution in [0.5, 0.6) is 0 Å². The van der Waals surface area contributed by atoms with Crippen molar-refractivity contribution in [2.24, 2.45) is 0 Å². The monoisotopic (exact) mass is 761 g/mol. The molecule has 0 atom stereocenters. The van der Waals surface area contributed by atoms with Crippen molar-refractivity contribution in [2.45, 2.75) is 0 Å². The van der Waals surface area contributed by atoms with Crippen LogP contribution in [0.4, 0.5) is 0 Å². The van der Waals surface area contributed by atoms with E-state index in [2.05, 4.69) is 187 Å². The topological polar surface area (TPSA) is 30.7 Å². The second-order valence-electron chi connectivity index (χ2n) is 14.5. The molecule has 0 aliphatic rings. The van der Waals surface area contributed by atoms with Gasteiger partial charge >= 0.3 is 0 Å². The minimum Gasteiger partial charge on any atom is -0.309 e. The van der Waals surface area contributed by atoms with Crippen LogP contribution in [0.15, 0.2) is 188 Å². The summed E-state index contributed by atoms with van der Waals surface area (Å²) >= 11 is 3.74. The minimum absolute atomic E-state index is 0.701. The van der Waals surface area contributed by atoms with Crippen LogP contribution < -0.4 is 0 Å². The van der Waals surface area contributed by atoms with E-state index in [-0.39, 0.29) is 0 Å². The molecule has 0 unspecified atom stereocenters. The molecular weight excluding hydrogens is 731 g/mol. The number of thiophene rings is 2. The molecule has 0 radical (unpaired) electrons. The fraction of sp³-hybridized carbons (Fsp3) is 0. The van der Waals surface area contributed by atoms with Gasteiger partial charge in [0.1, 0.15) is 0 Å². The molecule has 4 heterocycles. The average molecular weight is 762 g/mol. The van der Waals surface area contributed by atoms with Gasteiger partial charge in [-0.05, 0) is 48.0 Å². The summed E-state index contributed by atoms with van der Waals surface area (Å²) in [6, 6.07) is 67.6. The highest BCUT2D eigenvalue weighted by Gasteiger charge is 2.24. The maximum Gasteiger partial charge on any atom is 0.160 e. The number of aromatic nitrogens is 3. The molecule has 0 aliphatic carbocycles. The highest BCUT2D eigenvalue weighted by Crippen LogP contribution is 2.50. The van der Waals surface area contributed by atoms with E-state index in [9.17, 15) is 0 Å². The zero-order valence-corrected chi connectivity index (χ0v) is 32.2. The van der Waals surface area contributed by atoms with Crippen molar-refractivity contribution in [1.82, 2.24) is 14.5 Å². The van der Waals surface area contributed by atoms with Gasteiger partial charge in [0.05, 0.1) is 28.1 Å². The van der Waals surface area contributed by atoms with Gasteiger partial charge in [0.2, 0.25) is 0 Å². The van der Waals surface area contributed by atoms with E-state index in [1.54, 1.807) is 0 Å². The number of para-hydroxylation sites is 2. The molecule has 0 amide bonds. The Morgan fingerprint density at radius 3 is 1.74 bits per heavy atom. The normalized spacial score (nSPS) is 11.9. The van der Waals surface area contributed by atoms with E-state index < -0.39 is 0 Å². The summed E-state index contributed by atoms with van der Waals surface area (Å²) in [6.45, 7) is 0. The first kappa shape index (κ1) is 32.3. The molecule has 57 heavy (non-hydrogen) atoms. The number of hydrogen-bond acceptors (Lipinski definition) is 4. The summed E-state index contributed by atoms with van der Waals surface area (Å²) < 4.78 is 7.54. The molecule has 0 bridgehead atoms. The Morgan fingerprint density at radius 1 is 0.386 bits per heavy atom. The Bertz CT molecular complexity index is 3410. The smallest absolute Gasteiger partial charge is 0.160 e. The Morgan fingerprint density at radius 2 is 0.965 bits per heavy atom. The van der Waals surface area contributed by atoms with Crippen molar-refractivity contribution < 1.29 is 0 Å². The second kappa shape index (κ2) is 12.8. The van der Waals surface area contributed by atoms with Crippen LogP contribution >= 0.6 is 22.7 Å². The summed E-state index contributed by atoms with van der Waals surface area (Å²) in [7, 11) is 0. The van der Waals surface area contributed by atoms with E-state index >= 15 is 0 Å². The summed E-state index contributed by atoms with van der Waals surface area (Å²) in [5.74, 6) is 0.701. The van der Waals surface area contributed by atoms with Gasteiger partial charge in [-0.25, -0.2) is 9.97 Å². The van der Waals surface area contributed by atoms with Crippen molar-refractivity contribution in [3.8, 4) is 50.7 Å². The average Bonchev–Trinajstić information content (AvgIpc) is 3.96. The van der Waals surface area contributed by atoms with Crippen LogP contribution in [0.25, 0.3) is 113 Å². The first-order valence-electron chi connectivity index (χ1n) is 19.2. The molecule has 0 fully saturated rings. The second-order valence-corrected chi connectivity index (χ2v) is 16.6. The van der Waals surface area contributed by atoms with E-state index in [4.69, 9.17) is 9.97 Å². The molecule has 3 nitrogen and oxygen atoms in total. The van der Waals surface area contributed by atoms with Crippen LogP contribution in [-0.2, 0) is 0 Å². The van der Waals surface area contributed by atoms with Crippen molar-refractivity contribution in [2.75, 3.05) is 0 Å². The summed E-state index contributed by atoms with van der Waals surface area (Å²) in [5.41, 5.74) is 10.8.